The first-order valence-electron chi connectivity index (χ1n) is 21.0. The summed E-state index contributed by atoms with van der Waals surface area (Å²) in [6.07, 6.45) is 20.1. The van der Waals surface area contributed by atoms with Gasteiger partial charge in [-0.25, -0.2) is 4.57 Å². The van der Waals surface area contributed by atoms with Gasteiger partial charge in [0, 0.05) is 13.0 Å². The van der Waals surface area contributed by atoms with E-state index in [2.05, 4.69) is 26.0 Å². The maximum Gasteiger partial charge on any atom is 0.472 e. The van der Waals surface area contributed by atoms with Crippen molar-refractivity contribution in [2.75, 3.05) is 19.8 Å². The lowest BCUT2D eigenvalue weighted by Crippen LogP contribution is -2.64. The van der Waals surface area contributed by atoms with E-state index in [0.29, 0.717) is 13.0 Å². The summed E-state index contributed by atoms with van der Waals surface area (Å²) in [5.41, 5.74) is 0. The molecule has 1 aliphatic rings. The SMILES string of the molecule is CCC/C=C\CCCCCCCC(=O)OC(COCCCCCCCCCCCCCCCCCC)COP(=O)(O)OC1C(O)C(O)C(O)C(O)C1O. The van der Waals surface area contributed by atoms with Gasteiger partial charge in [-0.2, -0.15) is 0 Å². The van der Waals surface area contributed by atoms with Crippen molar-refractivity contribution in [1.29, 1.82) is 0 Å². The van der Waals surface area contributed by atoms with Crippen molar-refractivity contribution in [2.45, 2.75) is 217 Å². The molecule has 0 heterocycles. The molecule has 0 radical (unpaired) electrons. The molecule has 13 heteroatoms. The normalized spacial score (nSPS) is 23.7. The Labute approximate surface area is 320 Å². The molecule has 6 N–H and O–H groups in total. The van der Waals surface area contributed by atoms with Crippen molar-refractivity contribution >= 4 is 13.8 Å². The Bertz CT molecular complexity index is 937. The molecule has 0 aromatic rings. The van der Waals surface area contributed by atoms with E-state index in [1.165, 1.54) is 83.5 Å². The lowest BCUT2D eigenvalue weighted by Gasteiger charge is -2.41. The van der Waals surface area contributed by atoms with Gasteiger partial charge < -0.3 is 39.9 Å². The Hall–Kier alpha value is -0.920. The highest BCUT2D eigenvalue weighted by atomic mass is 31.2. The quantitative estimate of drug-likeness (QED) is 0.0160. The van der Waals surface area contributed by atoms with Gasteiger partial charge in [0.25, 0.3) is 0 Å². The number of aliphatic hydroxyl groups is 5. The Morgan fingerprint density at radius 2 is 1.04 bits per heavy atom. The smallest absolute Gasteiger partial charge is 0.457 e. The molecular weight excluding hydrogens is 703 g/mol. The van der Waals surface area contributed by atoms with E-state index in [0.717, 1.165) is 64.2 Å². The number of phosphoric acid groups is 1. The highest BCUT2D eigenvalue weighted by Crippen LogP contribution is 2.47. The second-order valence-electron chi connectivity index (χ2n) is 14.8. The summed E-state index contributed by atoms with van der Waals surface area (Å²) in [6.45, 7) is 4.18. The molecule has 12 nitrogen and oxygen atoms in total. The van der Waals surface area contributed by atoms with Crippen LogP contribution in [0.25, 0.3) is 0 Å². The molecule has 0 bridgehead atoms. The van der Waals surface area contributed by atoms with Crippen LogP contribution in [-0.4, -0.2) is 98.9 Å². The monoisotopic (exact) mass is 781 g/mol. The number of unbranched alkanes of at least 4 members (excludes halogenated alkanes) is 21. The second kappa shape index (κ2) is 32.2. The fourth-order valence-corrected chi connectivity index (χ4v) is 7.45. The minimum Gasteiger partial charge on any atom is -0.457 e. The van der Waals surface area contributed by atoms with E-state index in [9.17, 15) is 39.8 Å². The molecule has 314 valence electrons. The van der Waals surface area contributed by atoms with Crippen molar-refractivity contribution in [3.8, 4) is 0 Å². The van der Waals surface area contributed by atoms with Crippen molar-refractivity contribution in [3.05, 3.63) is 12.2 Å². The number of aliphatic hydroxyl groups excluding tert-OH is 5. The molecule has 0 saturated heterocycles. The van der Waals surface area contributed by atoms with Crippen molar-refractivity contribution in [1.82, 2.24) is 0 Å². The lowest BCUT2D eigenvalue weighted by atomic mass is 9.85. The number of carbonyl (C=O) groups excluding carboxylic acids is 1. The zero-order valence-electron chi connectivity index (χ0n) is 33.1. The van der Waals surface area contributed by atoms with Gasteiger partial charge in [0.1, 0.15) is 42.7 Å². The van der Waals surface area contributed by atoms with Gasteiger partial charge in [-0.1, -0.05) is 148 Å². The fraction of sp³-hybridized carbons (Fsp3) is 0.925. The van der Waals surface area contributed by atoms with Gasteiger partial charge in [-0.05, 0) is 32.1 Å². The number of hydrogen-bond acceptors (Lipinski definition) is 11. The van der Waals surface area contributed by atoms with Gasteiger partial charge in [0.05, 0.1) is 13.2 Å². The number of rotatable bonds is 35. The molecule has 1 rings (SSSR count). The van der Waals surface area contributed by atoms with Gasteiger partial charge in [-0.3, -0.25) is 13.8 Å². The van der Waals surface area contributed by atoms with Gasteiger partial charge in [0.2, 0.25) is 0 Å². The Kier molecular flexibility index (Phi) is 30.4. The van der Waals surface area contributed by atoms with Gasteiger partial charge in [-0.15, -0.1) is 0 Å². The zero-order valence-corrected chi connectivity index (χ0v) is 34.0. The molecule has 1 aliphatic carbocycles. The average molecular weight is 781 g/mol. The molecule has 6 unspecified atom stereocenters. The Balaban J connectivity index is 2.41. The Morgan fingerprint density at radius 3 is 1.57 bits per heavy atom. The molecule has 6 atom stereocenters. The molecule has 53 heavy (non-hydrogen) atoms. The topological polar surface area (TPSA) is 192 Å². The maximum atomic E-state index is 12.7. The number of hydrogen-bond donors (Lipinski definition) is 6. The minimum absolute atomic E-state index is 0.0751. The van der Waals surface area contributed by atoms with E-state index >= 15 is 0 Å². The first-order chi connectivity index (χ1) is 25.5. The highest BCUT2D eigenvalue weighted by molar-refractivity contribution is 7.47. The molecule has 0 amide bonds. The summed E-state index contributed by atoms with van der Waals surface area (Å²) in [7, 11) is -5.01. The van der Waals surface area contributed by atoms with Crippen molar-refractivity contribution in [3.63, 3.8) is 0 Å². The van der Waals surface area contributed by atoms with Crippen LogP contribution in [0, 0.1) is 0 Å². The average Bonchev–Trinajstić information content (AvgIpc) is 3.14. The van der Waals surface area contributed by atoms with E-state index in [4.69, 9.17) is 18.5 Å². The maximum absolute atomic E-state index is 12.7. The van der Waals surface area contributed by atoms with Crippen molar-refractivity contribution < 1.29 is 58.3 Å². The van der Waals surface area contributed by atoms with Crippen LogP contribution in [0.4, 0.5) is 0 Å². The van der Waals surface area contributed by atoms with Gasteiger partial charge >= 0.3 is 13.8 Å². The summed E-state index contributed by atoms with van der Waals surface area (Å²) in [5.74, 6) is -0.487. The number of esters is 1. The molecule has 0 spiro atoms. The summed E-state index contributed by atoms with van der Waals surface area (Å²) in [5, 5.41) is 50.0. The lowest BCUT2D eigenvalue weighted by molar-refractivity contribution is -0.220. The predicted molar refractivity (Wildman–Crippen MR) is 207 cm³/mol. The van der Waals surface area contributed by atoms with Crippen LogP contribution >= 0.6 is 7.82 Å². The third-order valence-corrected chi connectivity index (χ3v) is 10.9. The van der Waals surface area contributed by atoms with Crippen molar-refractivity contribution in [2.24, 2.45) is 0 Å². The summed E-state index contributed by atoms with van der Waals surface area (Å²) in [6, 6.07) is 0. The van der Waals surface area contributed by atoms with Crippen LogP contribution in [0.1, 0.15) is 174 Å². The summed E-state index contributed by atoms with van der Waals surface area (Å²) >= 11 is 0. The molecule has 1 fully saturated rings. The highest BCUT2D eigenvalue weighted by Gasteiger charge is 2.51. The third-order valence-electron chi connectivity index (χ3n) is 9.87. The second-order valence-corrected chi connectivity index (χ2v) is 16.3. The number of phosphoric ester groups is 1. The van der Waals surface area contributed by atoms with Crippen LogP contribution in [0.2, 0.25) is 0 Å². The molecule has 1 saturated carbocycles. The van der Waals surface area contributed by atoms with Crippen LogP contribution in [0.3, 0.4) is 0 Å². The third kappa shape index (κ3) is 25.1. The first-order valence-corrected chi connectivity index (χ1v) is 22.5. The molecule has 0 aromatic carbocycles. The van der Waals surface area contributed by atoms with E-state index in [1.54, 1.807) is 0 Å². The Morgan fingerprint density at radius 1 is 0.585 bits per heavy atom. The number of ether oxygens (including phenoxy) is 2. The van der Waals surface area contributed by atoms with Crippen LogP contribution in [0.5, 0.6) is 0 Å². The fourth-order valence-electron chi connectivity index (χ4n) is 6.48. The predicted octanol–water partition coefficient (Wildman–Crippen LogP) is 7.58. The molecular formula is C40H77O12P. The zero-order chi connectivity index (χ0) is 39.2. The molecule has 0 aromatic heterocycles. The van der Waals surface area contributed by atoms with Crippen LogP contribution in [-0.2, 0) is 27.9 Å². The van der Waals surface area contributed by atoms with Gasteiger partial charge in [0.15, 0.2) is 0 Å². The number of carbonyl (C=O) groups is 1. The molecule has 0 aliphatic heterocycles. The first kappa shape index (κ1) is 50.1. The van der Waals surface area contributed by atoms with E-state index in [-0.39, 0.29) is 13.0 Å². The largest absolute Gasteiger partial charge is 0.472 e. The minimum atomic E-state index is -5.01. The standard InChI is InChI=1S/C40H77O12P/c1-3-5-7-9-11-13-15-16-17-18-19-20-22-24-26-28-30-49-31-33(51-34(41)29-27-25-23-21-14-12-10-8-6-4-2)32-50-53(47,48)52-40-38(45)36(43)35(42)37(44)39(40)46/h8,10,33,35-40,42-46H,3-7,9,11-32H2,1-2H3,(H,47,48)/b10-8-. The number of allylic oxidation sites excluding steroid dienone is 2. The summed E-state index contributed by atoms with van der Waals surface area (Å²) < 4.78 is 34.0. The van der Waals surface area contributed by atoms with Crippen LogP contribution < -0.4 is 0 Å². The van der Waals surface area contributed by atoms with Crippen LogP contribution in [0.15, 0.2) is 12.2 Å². The summed E-state index contributed by atoms with van der Waals surface area (Å²) in [4.78, 5) is 23.0. The van der Waals surface area contributed by atoms with E-state index in [1.807, 2.05) is 0 Å². The van der Waals surface area contributed by atoms with E-state index < -0.39 is 63.1 Å².